The summed E-state index contributed by atoms with van der Waals surface area (Å²) in [5, 5.41) is 2.74. The van der Waals surface area contributed by atoms with Crippen LogP contribution < -0.4 is 10.0 Å². The van der Waals surface area contributed by atoms with E-state index < -0.39 is 10.0 Å². The van der Waals surface area contributed by atoms with E-state index in [1.54, 1.807) is 18.3 Å². The largest absolute Gasteiger partial charge is 0.352 e. The molecule has 2 aliphatic rings. The third-order valence-electron chi connectivity index (χ3n) is 4.91. The maximum Gasteiger partial charge on any atom is 0.251 e. The highest BCUT2D eigenvalue weighted by Gasteiger charge is 2.24. The van der Waals surface area contributed by atoms with Crippen molar-refractivity contribution in [2.45, 2.75) is 30.7 Å². The first-order valence-corrected chi connectivity index (χ1v) is 9.92. The third kappa shape index (κ3) is 3.19. The fourth-order valence-corrected chi connectivity index (χ4v) is 4.61. The highest BCUT2D eigenvalue weighted by atomic mass is 32.2. The number of aromatic nitrogens is 2. The predicted octanol–water partition coefficient (Wildman–Crippen LogP) is 0.710. The first-order valence-electron chi connectivity index (χ1n) is 8.44. The Kier molecular flexibility index (Phi) is 4.09. The van der Waals surface area contributed by atoms with Crippen LogP contribution in [0, 0.1) is 5.92 Å². The molecule has 7 nitrogen and oxygen atoms in total. The fraction of sp³-hybridized carbons (Fsp3) is 0.412. The molecule has 0 saturated carbocycles. The molecule has 2 aliphatic heterocycles. The molecule has 0 spiro atoms. The smallest absolute Gasteiger partial charge is 0.251 e. The fourth-order valence-electron chi connectivity index (χ4n) is 3.47. The molecule has 3 heterocycles. The number of imidazole rings is 1. The summed E-state index contributed by atoms with van der Waals surface area (Å²) in [5.74, 6) is 1.08. The van der Waals surface area contributed by atoms with Gasteiger partial charge in [-0.2, -0.15) is 0 Å². The maximum absolute atomic E-state index is 12.6. The first-order chi connectivity index (χ1) is 12.0. The number of hydrogen-bond donors (Lipinski definition) is 2. The number of benzene rings is 1. The molecule has 4 rings (SSSR count). The molecule has 8 heteroatoms. The Balaban J connectivity index is 1.47. The van der Waals surface area contributed by atoms with E-state index in [0.717, 1.165) is 37.2 Å². The third-order valence-corrected chi connectivity index (χ3v) is 6.33. The van der Waals surface area contributed by atoms with Gasteiger partial charge in [-0.05, 0) is 36.5 Å². The molecule has 1 unspecified atom stereocenters. The van der Waals surface area contributed by atoms with Gasteiger partial charge in [-0.3, -0.25) is 4.79 Å². The molecule has 1 aromatic carbocycles. The number of aryl methyl sites for hydroxylation is 1. The zero-order chi connectivity index (χ0) is 17.4. The normalized spacial score (nSPS) is 19.8. The van der Waals surface area contributed by atoms with Crippen LogP contribution in [0.1, 0.15) is 28.2 Å². The molecule has 1 amide bonds. The maximum atomic E-state index is 12.6. The van der Waals surface area contributed by atoms with E-state index in [4.69, 9.17) is 0 Å². The van der Waals surface area contributed by atoms with Crippen molar-refractivity contribution in [1.29, 1.82) is 0 Å². The molecule has 1 aromatic heterocycles. The van der Waals surface area contributed by atoms with Crippen LogP contribution in [0.3, 0.4) is 0 Å². The van der Waals surface area contributed by atoms with Crippen molar-refractivity contribution >= 4 is 15.9 Å². The average molecular weight is 360 g/mol. The molecule has 25 heavy (non-hydrogen) atoms. The van der Waals surface area contributed by atoms with E-state index in [0.29, 0.717) is 18.7 Å². The van der Waals surface area contributed by atoms with Crippen molar-refractivity contribution in [1.82, 2.24) is 19.6 Å². The van der Waals surface area contributed by atoms with E-state index in [-0.39, 0.29) is 16.7 Å². The minimum absolute atomic E-state index is 0.141. The van der Waals surface area contributed by atoms with Gasteiger partial charge in [0.1, 0.15) is 5.82 Å². The van der Waals surface area contributed by atoms with Crippen LogP contribution in [-0.4, -0.2) is 37.0 Å². The topological polar surface area (TPSA) is 93.1 Å². The van der Waals surface area contributed by atoms with Crippen LogP contribution in [0.4, 0.5) is 0 Å². The van der Waals surface area contributed by atoms with Crippen LogP contribution in [0.15, 0.2) is 35.5 Å². The van der Waals surface area contributed by atoms with Crippen molar-refractivity contribution < 1.29 is 13.2 Å². The number of sulfonamides is 1. The number of carbonyl (C=O) groups is 1. The Hall–Kier alpha value is -2.19. The van der Waals surface area contributed by atoms with Gasteiger partial charge >= 0.3 is 0 Å². The number of hydrogen-bond acceptors (Lipinski definition) is 4. The summed E-state index contributed by atoms with van der Waals surface area (Å²) in [7, 11) is -3.64. The molecule has 0 aliphatic carbocycles. The van der Waals surface area contributed by atoms with Gasteiger partial charge in [0, 0.05) is 44.0 Å². The molecular weight excluding hydrogens is 340 g/mol. The van der Waals surface area contributed by atoms with Crippen LogP contribution in [0.25, 0.3) is 0 Å². The second-order valence-electron chi connectivity index (χ2n) is 6.58. The molecule has 132 valence electrons. The number of nitrogens with one attached hydrogen (secondary N) is 2. The lowest BCUT2D eigenvalue weighted by Gasteiger charge is -2.24. The summed E-state index contributed by atoms with van der Waals surface area (Å²) in [6.07, 6.45) is 6.20. The molecular formula is C17H20N4O3S. The summed E-state index contributed by atoms with van der Waals surface area (Å²) in [6, 6.07) is 4.79. The van der Waals surface area contributed by atoms with Crippen molar-refractivity contribution in [2.75, 3.05) is 13.1 Å². The lowest BCUT2D eigenvalue weighted by Crippen LogP contribution is -2.34. The number of rotatable bonds is 4. The van der Waals surface area contributed by atoms with Gasteiger partial charge < -0.3 is 9.88 Å². The lowest BCUT2D eigenvalue weighted by atomic mass is 10.00. The minimum atomic E-state index is -3.64. The van der Waals surface area contributed by atoms with Gasteiger partial charge in [0.05, 0.1) is 4.90 Å². The standard InChI is InChI=1S/C17H20N4O3S/c22-17-15-9-14(3-2-13(15)5-6-19-17)25(23,24)20-10-12-1-4-16-18-7-8-21(16)11-12/h2-3,7-9,12,20H,1,4-6,10-11H2,(H,19,22). The van der Waals surface area contributed by atoms with Gasteiger partial charge in [-0.1, -0.05) is 6.07 Å². The molecule has 1 atom stereocenters. The highest BCUT2D eigenvalue weighted by Crippen LogP contribution is 2.21. The van der Waals surface area contributed by atoms with Crippen molar-refractivity contribution in [3.8, 4) is 0 Å². The zero-order valence-corrected chi connectivity index (χ0v) is 14.6. The number of carbonyl (C=O) groups excluding carboxylic acids is 1. The molecule has 0 radical (unpaired) electrons. The SMILES string of the molecule is O=C1NCCc2ccc(S(=O)(=O)NCC3CCc4nccn4C3)cc21. The summed E-state index contributed by atoms with van der Waals surface area (Å²) in [5.41, 5.74) is 1.34. The molecule has 2 aromatic rings. The number of nitrogens with zero attached hydrogens (tertiary/aromatic N) is 2. The molecule has 2 N–H and O–H groups in total. The molecule has 0 bridgehead atoms. The first kappa shape index (κ1) is 16.3. The minimum Gasteiger partial charge on any atom is -0.352 e. The summed E-state index contributed by atoms with van der Waals surface area (Å²) in [6.45, 7) is 1.74. The van der Waals surface area contributed by atoms with Gasteiger partial charge in [-0.25, -0.2) is 18.1 Å². The monoisotopic (exact) mass is 360 g/mol. The second-order valence-corrected chi connectivity index (χ2v) is 8.34. The van der Waals surface area contributed by atoms with E-state index in [1.807, 2.05) is 6.20 Å². The van der Waals surface area contributed by atoms with Crippen molar-refractivity contribution in [3.63, 3.8) is 0 Å². The Labute approximate surface area is 146 Å². The van der Waals surface area contributed by atoms with Crippen molar-refractivity contribution in [2.24, 2.45) is 5.92 Å². The van der Waals surface area contributed by atoms with E-state index >= 15 is 0 Å². The van der Waals surface area contributed by atoms with E-state index in [1.165, 1.54) is 6.07 Å². The van der Waals surface area contributed by atoms with Crippen LogP contribution in [0.2, 0.25) is 0 Å². The number of fused-ring (bicyclic) bond motifs is 2. The van der Waals surface area contributed by atoms with E-state index in [9.17, 15) is 13.2 Å². The quantitative estimate of drug-likeness (QED) is 0.840. The Morgan fingerprint density at radius 3 is 3.08 bits per heavy atom. The van der Waals surface area contributed by atoms with Crippen molar-refractivity contribution in [3.05, 3.63) is 47.5 Å². The predicted molar refractivity (Wildman–Crippen MR) is 91.7 cm³/mol. The van der Waals surface area contributed by atoms with Crippen LogP contribution >= 0.6 is 0 Å². The zero-order valence-electron chi connectivity index (χ0n) is 13.7. The van der Waals surface area contributed by atoms with Crippen LogP contribution in [0.5, 0.6) is 0 Å². The molecule has 0 fully saturated rings. The highest BCUT2D eigenvalue weighted by molar-refractivity contribution is 7.89. The number of amides is 1. The Morgan fingerprint density at radius 2 is 2.20 bits per heavy atom. The summed E-state index contributed by atoms with van der Waals surface area (Å²) >= 11 is 0. The summed E-state index contributed by atoms with van der Waals surface area (Å²) in [4.78, 5) is 16.3. The van der Waals surface area contributed by atoms with Crippen LogP contribution in [-0.2, 0) is 29.4 Å². The average Bonchev–Trinajstić information content (AvgIpc) is 3.08. The second kappa shape index (κ2) is 6.27. The van der Waals surface area contributed by atoms with Gasteiger partial charge in [0.25, 0.3) is 5.91 Å². The summed E-state index contributed by atoms with van der Waals surface area (Å²) < 4.78 is 30.0. The van der Waals surface area contributed by atoms with Gasteiger partial charge in [0.15, 0.2) is 0 Å². The van der Waals surface area contributed by atoms with Gasteiger partial charge in [-0.15, -0.1) is 0 Å². The molecule has 0 saturated heterocycles. The van der Waals surface area contributed by atoms with Gasteiger partial charge in [0.2, 0.25) is 10.0 Å². The Bertz CT molecular complexity index is 920. The Morgan fingerprint density at radius 1 is 1.32 bits per heavy atom. The lowest BCUT2D eigenvalue weighted by molar-refractivity contribution is 0.0945. The van der Waals surface area contributed by atoms with E-state index in [2.05, 4.69) is 19.6 Å².